The molecule has 2 aromatic rings. The zero-order chi connectivity index (χ0) is 22.4. The molecule has 0 unspecified atom stereocenters. The molecule has 0 atom stereocenters. The first-order valence-electron chi connectivity index (χ1n) is 10.2. The number of aryl methyl sites for hydroxylation is 1. The molecule has 0 bridgehead atoms. The Hall–Kier alpha value is -2.45. The molecule has 9 heteroatoms. The summed E-state index contributed by atoms with van der Waals surface area (Å²) in [6, 6.07) is 9.68. The fraction of sp³-hybridized carbons (Fsp3) is 0.409. The van der Waals surface area contributed by atoms with Gasteiger partial charge in [0.05, 0.1) is 17.8 Å². The zero-order valence-corrected chi connectivity index (χ0v) is 19.2. The van der Waals surface area contributed by atoms with Crippen molar-refractivity contribution in [3.63, 3.8) is 0 Å². The molecule has 0 aliphatic heterocycles. The molecular formula is C22H27ClN2O5S. The van der Waals surface area contributed by atoms with Gasteiger partial charge in [-0.3, -0.25) is 9.52 Å². The van der Waals surface area contributed by atoms with E-state index >= 15 is 0 Å². The van der Waals surface area contributed by atoms with Gasteiger partial charge in [-0.1, -0.05) is 43.0 Å². The number of ether oxygens (including phenoxy) is 2. The molecule has 1 aliphatic carbocycles. The molecule has 0 spiro atoms. The molecule has 1 fully saturated rings. The molecule has 31 heavy (non-hydrogen) atoms. The number of anilines is 1. The molecule has 2 N–H and O–H groups in total. The third kappa shape index (κ3) is 6.04. The zero-order valence-electron chi connectivity index (χ0n) is 17.6. The molecule has 0 radical (unpaired) electrons. The van der Waals surface area contributed by atoms with Crippen LogP contribution < -0.4 is 19.5 Å². The molecule has 0 aromatic heterocycles. The monoisotopic (exact) mass is 466 g/mol. The fourth-order valence-electron chi connectivity index (χ4n) is 3.58. The summed E-state index contributed by atoms with van der Waals surface area (Å²) in [5.74, 6) is 0.437. The Morgan fingerprint density at radius 1 is 1.13 bits per heavy atom. The number of benzene rings is 2. The van der Waals surface area contributed by atoms with E-state index in [9.17, 15) is 13.2 Å². The van der Waals surface area contributed by atoms with Crippen LogP contribution in [0.15, 0.2) is 41.3 Å². The van der Waals surface area contributed by atoms with Gasteiger partial charge in [0.2, 0.25) is 0 Å². The summed E-state index contributed by atoms with van der Waals surface area (Å²) in [6.07, 6.45) is 5.38. The number of amides is 1. The first-order chi connectivity index (χ1) is 14.8. The van der Waals surface area contributed by atoms with Gasteiger partial charge in [0.1, 0.15) is 16.4 Å². The Bertz CT molecular complexity index is 1040. The Morgan fingerprint density at radius 3 is 2.55 bits per heavy atom. The molecule has 0 heterocycles. The maximum Gasteiger partial charge on any atom is 0.263 e. The Kier molecular flexibility index (Phi) is 7.67. The van der Waals surface area contributed by atoms with Gasteiger partial charge in [-0.25, -0.2) is 8.42 Å². The summed E-state index contributed by atoms with van der Waals surface area (Å²) in [5, 5.41) is 3.03. The van der Waals surface area contributed by atoms with E-state index in [0.29, 0.717) is 11.3 Å². The fourth-order valence-corrected chi connectivity index (χ4v) is 5.25. The lowest BCUT2D eigenvalue weighted by Crippen LogP contribution is -2.39. The van der Waals surface area contributed by atoms with Crippen LogP contribution in [0.5, 0.6) is 11.5 Å². The van der Waals surface area contributed by atoms with Gasteiger partial charge >= 0.3 is 0 Å². The number of carbonyl (C=O) groups is 1. The predicted octanol–water partition coefficient (Wildman–Crippen LogP) is 4.29. The number of carbonyl (C=O) groups excluding carboxylic acids is 1. The summed E-state index contributed by atoms with van der Waals surface area (Å²) >= 11 is 6.23. The topological polar surface area (TPSA) is 93.7 Å². The largest absolute Gasteiger partial charge is 0.495 e. The highest BCUT2D eigenvalue weighted by Crippen LogP contribution is 2.33. The minimum Gasteiger partial charge on any atom is -0.495 e. The number of sulfonamides is 1. The van der Waals surface area contributed by atoms with Crippen molar-refractivity contribution >= 4 is 33.2 Å². The van der Waals surface area contributed by atoms with Crippen LogP contribution in [0.4, 0.5) is 5.69 Å². The van der Waals surface area contributed by atoms with E-state index in [1.807, 2.05) is 0 Å². The molecule has 7 nitrogen and oxygen atoms in total. The van der Waals surface area contributed by atoms with E-state index in [4.69, 9.17) is 21.1 Å². The highest BCUT2D eigenvalue weighted by molar-refractivity contribution is 7.92. The van der Waals surface area contributed by atoms with Crippen LogP contribution in [0.2, 0.25) is 5.02 Å². The number of halogens is 1. The number of nitrogens with one attached hydrogen (secondary N) is 2. The molecule has 168 valence electrons. The maximum atomic E-state index is 13.0. The van der Waals surface area contributed by atoms with Crippen LogP contribution in [0.1, 0.15) is 37.7 Å². The van der Waals surface area contributed by atoms with E-state index in [1.165, 1.54) is 25.7 Å². The second-order valence-electron chi connectivity index (χ2n) is 7.55. The van der Waals surface area contributed by atoms with Crippen molar-refractivity contribution in [1.82, 2.24) is 5.32 Å². The molecule has 3 rings (SSSR count). The summed E-state index contributed by atoms with van der Waals surface area (Å²) < 4.78 is 39.3. The van der Waals surface area contributed by atoms with Gasteiger partial charge in [-0.05, 0) is 43.5 Å². The van der Waals surface area contributed by atoms with Crippen LogP contribution in [-0.2, 0) is 14.8 Å². The van der Waals surface area contributed by atoms with E-state index in [1.54, 1.807) is 31.2 Å². The van der Waals surface area contributed by atoms with E-state index < -0.39 is 10.0 Å². The standard InChI is InChI=1S/C22H27ClN2O5S/c1-15-12-17(23)21(31(27,28)25-18-10-6-7-11-19(18)29-2)13-20(15)30-14-22(26)24-16-8-4-3-5-9-16/h6-7,10-13,16,25H,3-5,8-9,14H2,1-2H3,(H,24,26). The highest BCUT2D eigenvalue weighted by atomic mass is 35.5. The van der Waals surface area contributed by atoms with Crippen LogP contribution in [0.25, 0.3) is 0 Å². The van der Waals surface area contributed by atoms with Gasteiger partial charge < -0.3 is 14.8 Å². The number of hydrogen-bond acceptors (Lipinski definition) is 5. The second-order valence-corrected chi connectivity index (χ2v) is 9.60. The quantitative estimate of drug-likeness (QED) is 0.605. The van der Waals surface area contributed by atoms with Crippen LogP contribution in [-0.4, -0.2) is 34.1 Å². The highest BCUT2D eigenvalue weighted by Gasteiger charge is 2.22. The minimum atomic E-state index is -4.02. The molecule has 1 saturated carbocycles. The van der Waals surface area contributed by atoms with E-state index in [2.05, 4.69) is 10.0 Å². The minimum absolute atomic E-state index is 0.0545. The van der Waals surface area contributed by atoms with Crippen molar-refractivity contribution in [2.75, 3.05) is 18.4 Å². The van der Waals surface area contributed by atoms with Gasteiger partial charge in [-0.2, -0.15) is 0 Å². The summed E-state index contributed by atoms with van der Waals surface area (Å²) in [6.45, 7) is 1.54. The normalized spacial score (nSPS) is 14.7. The Balaban J connectivity index is 1.74. The third-order valence-electron chi connectivity index (χ3n) is 5.20. The smallest absolute Gasteiger partial charge is 0.263 e. The number of rotatable bonds is 8. The van der Waals surface area contributed by atoms with Gasteiger partial charge in [-0.15, -0.1) is 0 Å². The van der Waals surface area contributed by atoms with Crippen molar-refractivity contribution in [3.05, 3.63) is 47.0 Å². The lowest BCUT2D eigenvalue weighted by Gasteiger charge is -2.22. The lowest BCUT2D eigenvalue weighted by molar-refractivity contribution is -0.124. The van der Waals surface area contributed by atoms with Crippen molar-refractivity contribution < 1.29 is 22.7 Å². The maximum absolute atomic E-state index is 13.0. The number of methoxy groups -OCH3 is 1. The SMILES string of the molecule is COc1ccccc1NS(=O)(=O)c1cc(OCC(=O)NC2CCCCC2)c(C)cc1Cl. The van der Waals surface area contributed by atoms with Gasteiger partial charge in [0, 0.05) is 12.1 Å². The Morgan fingerprint density at radius 2 is 1.84 bits per heavy atom. The predicted molar refractivity (Wildman–Crippen MR) is 121 cm³/mol. The average Bonchev–Trinajstić information content (AvgIpc) is 2.73. The molecule has 1 aliphatic rings. The first kappa shape index (κ1) is 23.2. The van der Waals surface area contributed by atoms with Crippen molar-refractivity contribution in [2.24, 2.45) is 0 Å². The van der Waals surface area contributed by atoms with Gasteiger partial charge in [0.25, 0.3) is 15.9 Å². The lowest BCUT2D eigenvalue weighted by atomic mass is 9.95. The molecule has 0 saturated heterocycles. The van der Waals surface area contributed by atoms with Crippen LogP contribution in [0, 0.1) is 6.92 Å². The third-order valence-corrected chi connectivity index (χ3v) is 7.03. The molecule has 1 amide bonds. The second kappa shape index (κ2) is 10.2. The van der Waals surface area contributed by atoms with E-state index in [-0.39, 0.29) is 39.9 Å². The molecular weight excluding hydrogens is 440 g/mol. The van der Waals surface area contributed by atoms with Gasteiger partial charge in [0.15, 0.2) is 6.61 Å². The summed E-state index contributed by atoms with van der Waals surface area (Å²) in [5.41, 5.74) is 0.919. The van der Waals surface area contributed by atoms with Crippen molar-refractivity contribution in [1.29, 1.82) is 0 Å². The average molecular weight is 467 g/mol. The summed E-state index contributed by atoms with van der Waals surface area (Å²) in [7, 11) is -2.56. The van der Waals surface area contributed by atoms with Crippen molar-refractivity contribution in [3.8, 4) is 11.5 Å². The van der Waals surface area contributed by atoms with Crippen molar-refractivity contribution in [2.45, 2.75) is 50.0 Å². The van der Waals surface area contributed by atoms with Crippen LogP contribution in [0.3, 0.4) is 0 Å². The first-order valence-corrected chi connectivity index (χ1v) is 12.0. The number of hydrogen-bond donors (Lipinski definition) is 2. The van der Waals surface area contributed by atoms with Crippen LogP contribution >= 0.6 is 11.6 Å². The molecule has 2 aromatic carbocycles. The van der Waals surface area contributed by atoms with E-state index in [0.717, 1.165) is 25.7 Å². The summed E-state index contributed by atoms with van der Waals surface area (Å²) in [4.78, 5) is 12.1. The Labute approximate surface area is 188 Å². The number of para-hydroxylation sites is 2.